The molecule has 1 nitrogen and oxygen atoms in total. The maximum Gasteiger partial charge on any atom is 0.0294 e. The summed E-state index contributed by atoms with van der Waals surface area (Å²) in [5.74, 6) is 0. The average Bonchev–Trinajstić information content (AvgIpc) is 2.49. The maximum atomic E-state index is 6.24. The van der Waals surface area contributed by atoms with Gasteiger partial charge in [-0.2, -0.15) is 0 Å². The van der Waals surface area contributed by atoms with E-state index in [1.165, 1.54) is 69.8 Å². The minimum atomic E-state index is 0.201. The zero-order valence-corrected chi connectivity index (χ0v) is 15.2. The van der Waals surface area contributed by atoms with E-state index in [4.69, 9.17) is 5.73 Å². The first-order chi connectivity index (χ1) is 10.2. The second-order valence-corrected chi connectivity index (χ2v) is 7.04. The Hall–Kier alpha value is -0.340. The van der Waals surface area contributed by atoms with Gasteiger partial charge in [-0.15, -0.1) is 0 Å². The molecule has 1 atom stereocenters. The fourth-order valence-electron chi connectivity index (χ4n) is 2.73. The van der Waals surface area contributed by atoms with E-state index in [9.17, 15) is 0 Å². The van der Waals surface area contributed by atoms with E-state index in [1.54, 1.807) is 0 Å². The molecule has 0 saturated carbocycles. The largest absolute Gasteiger partial charge is 0.324 e. The standard InChI is InChI=1S/C19H32BrN/c1-2-3-4-5-6-7-8-9-10-11-12-19(21)17-13-15-18(20)16-14-17/h13-16,19H,2-12,21H2,1H3. The molecule has 0 radical (unpaired) electrons. The number of hydrogen-bond acceptors (Lipinski definition) is 1. The van der Waals surface area contributed by atoms with Gasteiger partial charge in [0.2, 0.25) is 0 Å². The molecule has 0 bridgehead atoms. The van der Waals surface area contributed by atoms with Gasteiger partial charge < -0.3 is 5.73 Å². The summed E-state index contributed by atoms with van der Waals surface area (Å²) < 4.78 is 1.12. The molecule has 0 aliphatic carbocycles. The van der Waals surface area contributed by atoms with E-state index in [0.717, 1.165) is 10.9 Å². The van der Waals surface area contributed by atoms with E-state index in [-0.39, 0.29) is 6.04 Å². The van der Waals surface area contributed by atoms with Crippen LogP contribution in [0, 0.1) is 0 Å². The van der Waals surface area contributed by atoms with Gasteiger partial charge in [-0.25, -0.2) is 0 Å². The molecule has 0 aliphatic rings. The van der Waals surface area contributed by atoms with Crippen molar-refractivity contribution < 1.29 is 0 Å². The van der Waals surface area contributed by atoms with Gasteiger partial charge in [0.15, 0.2) is 0 Å². The number of rotatable bonds is 12. The van der Waals surface area contributed by atoms with Gasteiger partial charge in [-0.05, 0) is 24.1 Å². The first-order valence-corrected chi connectivity index (χ1v) is 9.54. The van der Waals surface area contributed by atoms with E-state index in [1.807, 2.05) is 0 Å². The SMILES string of the molecule is CCCCCCCCCCCCC(N)c1ccc(Br)cc1. The minimum absolute atomic E-state index is 0.201. The molecule has 1 aromatic carbocycles. The lowest BCUT2D eigenvalue weighted by Crippen LogP contribution is -2.09. The summed E-state index contributed by atoms with van der Waals surface area (Å²) in [5.41, 5.74) is 7.50. The predicted molar refractivity (Wildman–Crippen MR) is 97.5 cm³/mol. The van der Waals surface area contributed by atoms with Gasteiger partial charge in [-0.1, -0.05) is 99.2 Å². The van der Waals surface area contributed by atoms with E-state index >= 15 is 0 Å². The number of benzene rings is 1. The zero-order valence-electron chi connectivity index (χ0n) is 13.6. The smallest absolute Gasteiger partial charge is 0.0294 e. The highest BCUT2D eigenvalue weighted by Gasteiger charge is 2.05. The third-order valence-corrected chi connectivity index (χ3v) is 4.70. The van der Waals surface area contributed by atoms with Crippen LogP contribution >= 0.6 is 15.9 Å². The van der Waals surface area contributed by atoms with Crippen molar-refractivity contribution in [3.8, 4) is 0 Å². The van der Waals surface area contributed by atoms with Gasteiger partial charge in [-0.3, -0.25) is 0 Å². The monoisotopic (exact) mass is 353 g/mol. The highest BCUT2D eigenvalue weighted by Crippen LogP contribution is 2.20. The number of nitrogens with two attached hydrogens (primary N) is 1. The molecule has 2 N–H and O–H groups in total. The van der Waals surface area contributed by atoms with Crippen LogP contribution in [0.4, 0.5) is 0 Å². The van der Waals surface area contributed by atoms with Crippen molar-refractivity contribution in [3.63, 3.8) is 0 Å². The van der Waals surface area contributed by atoms with Crippen LogP contribution in [0.15, 0.2) is 28.7 Å². The molecule has 0 aromatic heterocycles. The van der Waals surface area contributed by atoms with Gasteiger partial charge in [0.1, 0.15) is 0 Å². The molecule has 0 amide bonds. The molecule has 0 saturated heterocycles. The highest BCUT2D eigenvalue weighted by atomic mass is 79.9. The Morgan fingerprint density at radius 1 is 0.810 bits per heavy atom. The summed E-state index contributed by atoms with van der Waals surface area (Å²) in [6, 6.07) is 8.62. The molecule has 0 fully saturated rings. The summed E-state index contributed by atoms with van der Waals surface area (Å²) in [7, 11) is 0. The number of unbranched alkanes of at least 4 members (excludes halogenated alkanes) is 9. The Morgan fingerprint density at radius 3 is 1.81 bits per heavy atom. The molecule has 0 aliphatic heterocycles. The van der Waals surface area contributed by atoms with Crippen LogP contribution < -0.4 is 5.73 Å². The van der Waals surface area contributed by atoms with Gasteiger partial charge in [0, 0.05) is 10.5 Å². The van der Waals surface area contributed by atoms with Crippen molar-refractivity contribution in [1.82, 2.24) is 0 Å². The molecule has 1 rings (SSSR count). The van der Waals surface area contributed by atoms with Crippen LogP contribution in [0.2, 0.25) is 0 Å². The van der Waals surface area contributed by atoms with Gasteiger partial charge in [0.25, 0.3) is 0 Å². The van der Waals surface area contributed by atoms with Crippen molar-refractivity contribution in [1.29, 1.82) is 0 Å². The minimum Gasteiger partial charge on any atom is -0.324 e. The zero-order chi connectivity index (χ0) is 15.3. The Labute approximate surface area is 139 Å². The predicted octanol–water partition coefficient (Wildman–Crippen LogP) is 6.76. The quantitative estimate of drug-likeness (QED) is 0.412. The normalized spacial score (nSPS) is 12.5. The maximum absolute atomic E-state index is 6.24. The molecular formula is C19H32BrN. The molecule has 120 valence electrons. The Balaban J connectivity index is 1.95. The number of halogens is 1. The lowest BCUT2D eigenvalue weighted by molar-refractivity contribution is 0.529. The van der Waals surface area contributed by atoms with E-state index in [2.05, 4.69) is 47.1 Å². The third-order valence-electron chi connectivity index (χ3n) is 4.17. The number of hydrogen-bond donors (Lipinski definition) is 1. The average molecular weight is 354 g/mol. The highest BCUT2D eigenvalue weighted by molar-refractivity contribution is 9.10. The van der Waals surface area contributed by atoms with Crippen LogP contribution in [-0.2, 0) is 0 Å². The first kappa shape index (κ1) is 18.7. The summed E-state index contributed by atoms with van der Waals surface area (Å²) in [6.45, 7) is 2.28. The lowest BCUT2D eigenvalue weighted by Gasteiger charge is -2.12. The van der Waals surface area contributed by atoms with Crippen LogP contribution in [0.1, 0.15) is 89.2 Å². The summed E-state index contributed by atoms with van der Waals surface area (Å²) in [6.07, 6.45) is 14.9. The summed E-state index contributed by atoms with van der Waals surface area (Å²) in [5, 5.41) is 0. The van der Waals surface area contributed by atoms with E-state index < -0.39 is 0 Å². The van der Waals surface area contributed by atoms with E-state index in [0.29, 0.717) is 0 Å². The van der Waals surface area contributed by atoms with Crippen molar-refractivity contribution in [3.05, 3.63) is 34.3 Å². The lowest BCUT2D eigenvalue weighted by atomic mass is 10.00. The van der Waals surface area contributed by atoms with Crippen LogP contribution in [0.25, 0.3) is 0 Å². The fourth-order valence-corrected chi connectivity index (χ4v) is 2.99. The van der Waals surface area contributed by atoms with Crippen molar-refractivity contribution in [2.75, 3.05) is 0 Å². The Kier molecular flexibility index (Phi) is 10.9. The molecule has 0 spiro atoms. The topological polar surface area (TPSA) is 26.0 Å². The van der Waals surface area contributed by atoms with Gasteiger partial charge in [0.05, 0.1) is 0 Å². The second-order valence-electron chi connectivity index (χ2n) is 6.13. The van der Waals surface area contributed by atoms with Crippen molar-refractivity contribution >= 4 is 15.9 Å². The van der Waals surface area contributed by atoms with Crippen molar-refractivity contribution in [2.45, 2.75) is 83.6 Å². The molecular weight excluding hydrogens is 322 g/mol. The summed E-state index contributed by atoms with van der Waals surface area (Å²) in [4.78, 5) is 0. The van der Waals surface area contributed by atoms with Crippen LogP contribution in [0.5, 0.6) is 0 Å². The molecule has 1 aromatic rings. The molecule has 21 heavy (non-hydrogen) atoms. The Morgan fingerprint density at radius 2 is 1.29 bits per heavy atom. The molecule has 1 unspecified atom stereocenters. The van der Waals surface area contributed by atoms with Crippen molar-refractivity contribution in [2.24, 2.45) is 5.73 Å². The summed E-state index contributed by atoms with van der Waals surface area (Å²) >= 11 is 3.46. The van der Waals surface area contributed by atoms with Gasteiger partial charge >= 0.3 is 0 Å². The molecule has 2 heteroatoms. The second kappa shape index (κ2) is 12.2. The first-order valence-electron chi connectivity index (χ1n) is 8.75. The van der Waals surface area contributed by atoms with Crippen LogP contribution in [0.3, 0.4) is 0 Å². The molecule has 0 heterocycles. The third kappa shape index (κ3) is 9.31. The Bertz CT molecular complexity index is 347. The van der Waals surface area contributed by atoms with Crippen LogP contribution in [-0.4, -0.2) is 0 Å². The fraction of sp³-hybridized carbons (Fsp3) is 0.684.